The molecule has 1 amide bonds. The van der Waals surface area contributed by atoms with Gasteiger partial charge in [0.2, 0.25) is 5.28 Å². The molecule has 0 spiro atoms. The molecule has 0 radical (unpaired) electrons. The molecule has 0 saturated carbocycles. The zero-order valence-electron chi connectivity index (χ0n) is 12.8. The van der Waals surface area contributed by atoms with E-state index in [1.54, 1.807) is 4.90 Å². The smallest absolute Gasteiger partial charge is 0.410 e. The topological polar surface area (TPSA) is 64.5 Å². The van der Waals surface area contributed by atoms with Crippen LogP contribution in [0.2, 0.25) is 10.4 Å². The normalized spacial score (nSPS) is 18.6. The van der Waals surface area contributed by atoms with Crippen LogP contribution in [0, 0.1) is 0 Å². The first-order chi connectivity index (χ1) is 10.2. The van der Waals surface area contributed by atoms with E-state index in [1.165, 1.54) is 6.20 Å². The van der Waals surface area contributed by atoms with Crippen LogP contribution >= 0.6 is 23.2 Å². The lowest BCUT2D eigenvalue weighted by atomic mass is 10.2. The van der Waals surface area contributed by atoms with Gasteiger partial charge in [-0.3, -0.25) is 0 Å². The molecule has 0 bridgehead atoms. The molecule has 0 N–H and O–H groups in total. The largest absolute Gasteiger partial charge is 0.444 e. The third-order valence-corrected chi connectivity index (χ3v) is 3.56. The van der Waals surface area contributed by atoms with Crippen LogP contribution in [0.3, 0.4) is 0 Å². The van der Waals surface area contributed by atoms with Gasteiger partial charge in [0.05, 0.1) is 19.3 Å². The monoisotopic (exact) mass is 347 g/mol. The van der Waals surface area contributed by atoms with Crippen molar-refractivity contribution in [3.8, 4) is 0 Å². The summed E-state index contributed by atoms with van der Waals surface area (Å²) in [4.78, 5) is 21.3. The fourth-order valence-electron chi connectivity index (χ4n) is 2.03. The van der Waals surface area contributed by atoms with E-state index < -0.39 is 5.60 Å². The van der Waals surface area contributed by atoms with Gasteiger partial charge in [-0.25, -0.2) is 14.8 Å². The summed E-state index contributed by atoms with van der Waals surface area (Å²) in [6.07, 6.45) is 1.93. The van der Waals surface area contributed by atoms with Gasteiger partial charge in [-0.15, -0.1) is 0 Å². The number of hydrogen-bond donors (Lipinski definition) is 0. The summed E-state index contributed by atoms with van der Waals surface area (Å²) < 4.78 is 11.1. The highest BCUT2D eigenvalue weighted by atomic mass is 35.5. The van der Waals surface area contributed by atoms with E-state index in [4.69, 9.17) is 32.7 Å². The summed E-state index contributed by atoms with van der Waals surface area (Å²) in [5, 5.41) is 0.382. The summed E-state index contributed by atoms with van der Waals surface area (Å²) in [7, 11) is 0. The number of ether oxygens (including phenoxy) is 2. The van der Waals surface area contributed by atoms with Crippen molar-refractivity contribution in [1.29, 1.82) is 0 Å². The van der Waals surface area contributed by atoms with Gasteiger partial charge in [0.25, 0.3) is 0 Å². The number of carbonyl (C=O) groups is 1. The minimum atomic E-state index is -0.496. The van der Waals surface area contributed by atoms with Gasteiger partial charge >= 0.3 is 6.09 Å². The fourth-order valence-corrected chi connectivity index (χ4v) is 2.39. The summed E-state index contributed by atoms with van der Waals surface area (Å²) >= 11 is 11.6. The summed E-state index contributed by atoms with van der Waals surface area (Å²) in [6, 6.07) is 0. The van der Waals surface area contributed by atoms with Crippen LogP contribution in [0.1, 0.15) is 32.8 Å². The van der Waals surface area contributed by atoms with E-state index in [1.807, 2.05) is 20.8 Å². The van der Waals surface area contributed by atoms with Crippen LogP contribution in [0.5, 0.6) is 0 Å². The van der Waals surface area contributed by atoms with Crippen molar-refractivity contribution >= 4 is 29.3 Å². The summed E-state index contributed by atoms with van der Waals surface area (Å²) in [5.74, 6) is 0. The molecule has 0 aromatic carbocycles. The van der Waals surface area contributed by atoms with E-state index in [-0.39, 0.29) is 29.2 Å². The van der Waals surface area contributed by atoms with Crippen molar-refractivity contribution in [3.63, 3.8) is 0 Å². The first kappa shape index (κ1) is 17.2. The van der Waals surface area contributed by atoms with E-state index in [9.17, 15) is 4.79 Å². The van der Waals surface area contributed by atoms with Gasteiger partial charge in [0, 0.05) is 18.3 Å². The average Bonchev–Trinajstić information content (AvgIpc) is 2.84. The van der Waals surface area contributed by atoms with Crippen molar-refractivity contribution < 1.29 is 14.3 Å². The highest BCUT2D eigenvalue weighted by Gasteiger charge is 2.30. The number of halogens is 2. The number of rotatable bonds is 3. The molecule has 122 valence electrons. The van der Waals surface area contributed by atoms with Gasteiger partial charge in [0.15, 0.2) is 0 Å². The van der Waals surface area contributed by atoms with Crippen molar-refractivity contribution in [2.45, 2.75) is 45.5 Å². The minimum Gasteiger partial charge on any atom is -0.444 e. The van der Waals surface area contributed by atoms with Gasteiger partial charge in [-0.1, -0.05) is 11.6 Å². The maximum atomic E-state index is 12.0. The molecular weight excluding hydrogens is 329 g/mol. The van der Waals surface area contributed by atoms with Crippen LogP contribution < -0.4 is 0 Å². The second-order valence-corrected chi connectivity index (χ2v) is 6.80. The van der Waals surface area contributed by atoms with E-state index in [0.29, 0.717) is 18.7 Å². The second-order valence-electron chi connectivity index (χ2n) is 6.10. The van der Waals surface area contributed by atoms with E-state index in [2.05, 4.69) is 9.97 Å². The van der Waals surface area contributed by atoms with Crippen LogP contribution in [-0.2, 0) is 16.1 Å². The Bertz CT molecular complexity index is 549. The summed E-state index contributed by atoms with van der Waals surface area (Å²) in [5.41, 5.74) is 0.172. The zero-order valence-corrected chi connectivity index (χ0v) is 14.3. The Morgan fingerprint density at radius 1 is 1.45 bits per heavy atom. The molecule has 2 rings (SSSR count). The Morgan fingerprint density at radius 2 is 2.18 bits per heavy atom. The summed E-state index contributed by atoms with van der Waals surface area (Å²) in [6.45, 7) is 6.93. The standard InChI is InChI=1S/C14H19Cl2N3O3/c1-14(2,3)22-13(20)19-5-4-10(7-19)21-8-9-6-17-12(16)18-11(9)15/h6,10H,4-5,7-8H2,1-3H3/t10-/m1/s1. The van der Waals surface area contributed by atoms with Crippen LogP contribution in [0.15, 0.2) is 6.20 Å². The van der Waals surface area contributed by atoms with Crippen molar-refractivity contribution in [3.05, 3.63) is 22.2 Å². The Hall–Kier alpha value is -1.11. The Morgan fingerprint density at radius 3 is 2.82 bits per heavy atom. The maximum absolute atomic E-state index is 12.0. The molecule has 6 nitrogen and oxygen atoms in total. The molecule has 8 heteroatoms. The molecular formula is C14H19Cl2N3O3. The van der Waals surface area contributed by atoms with E-state index >= 15 is 0 Å². The molecule has 1 atom stereocenters. The SMILES string of the molecule is CC(C)(C)OC(=O)N1CC[C@@H](OCc2cnc(Cl)nc2Cl)C1. The van der Waals surface area contributed by atoms with Crippen molar-refractivity contribution in [2.24, 2.45) is 0 Å². The maximum Gasteiger partial charge on any atom is 0.410 e. The minimum absolute atomic E-state index is 0.0562. The molecule has 1 aliphatic rings. The number of aromatic nitrogens is 2. The Balaban J connectivity index is 1.82. The highest BCUT2D eigenvalue weighted by molar-refractivity contribution is 6.32. The molecule has 2 heterocycles. The van der Waals surface area contributed by atoms with Gasteiger partial charge < -0.3 is 14.4 Å². The molecule has 0 unspecified atom stereocenters. The lowest BCUT2D eigenvalue weighted by Gasteiger charge is -2.24. The third kappa shape index (κ3) is 4.97. The molecule has 1 aliphatic heterocycles. The Kier molecular flexibility index (Phi) is 5.47. The van der Waals surface area contributed by atoms with Crippen molar-refractivity contribution in [2.75, 3.05) is 13.1 Å². The van der Waals surface area contributed by atoms with Gasteiger partial charge in [-0.05, 0) is 38.8 Å². The predicted octanol–water partition coefficient (Wildman–Crippen LogP) is 3.31. The average molecular weight is 348 g/mol. The lowest BCUT2D eigenvalue weighted by molar-refractivity contribution is 0.0183. The first-order valence-corrected chi connectivity index (χ1v) is 7.76. The molecule has 1 saturated heterocycles. The van der Waals surface area contributed by atoms with Crippen LogP contribution in [0.4, 0.5) is 4.79 Å². The quantitative estimate of drug-likeness (QED) is 0.619. The predicted molar refractivity (Wildman–Crippen MR) is 83.1 cm³/mol. The fraction of sp³-hybridized carbons (Fsp3) is 0.643. The number of amides is 1. The zero-order chi connectivity index (χ0) is 16.3. The molecule has 22 heavy (non-hydrogen) atoms. The first-order valence-electron chi connectivity index (χ1n) is 7.01. The number of carbonyl (C=O) groups excluding carboxylic acids is 1. The van der Waals surface area contributed by atoms with Gasteiger partial charge in [0.1, 0.15) is 10.8 Å². The van der Waals surface area contributed by atoms with Crippen molar-refractivity contribution in [1.82, 2.24) is 14.9 Å². The van der Waals surface area contributed by atoms with Crippen LogP contribution in [0.25, 0.3) is 0 Å². The number of hydrogen-bond acceptors (Lipinski definition) is 5. The highest BCUT2D eigenvalue weighted by Crippen LogP contribution is 2.20. The number of likely N-dealkylation sites (tertiary alicyclic amines) is 1. The molecule has 1 fully saturated rings. The molecule has 1 aromatic rings. The van der Waals surface area contributed by atoms with Gasteiger partial charge in [-0.2, -0.15) is 0 Å². The van der Waals surface area contributed by atoms with Crippen LogP contribution in [-0.4, -0.2) is 45.8 Å². The van der Waals surface area contributed by atoms with E-state index in [0.717, 1.165) is 6.42 Å². The lowest BCUT2D eigenvalue weighted by Crippen LogP contribution is -2.36. The molecule has 0 aliphatic carbocycles. The Labute approximate surface area is 139 Å². The number of nitrogens with zero attached hydrogens (tertiary/aromatic N) is 3. The second kappa shape index (κ2) is 6.98. The molecule has 1 aromatic heterocycles. The third-order valence-electron chi connectivity index (χ3n) is 3.05.